The number of ether oxygens (including phenoxy) is 1. The summed E-state index contributed by atoms with van der Waals surface area (Å²) in [6.07, 6.45) is 1.77. The topological polar surface area (TPSA) is 45.6 Å². The van der Waals surface area contributed by atoms with Gasteiger partial charge < -0.3 is 10.1 Å². The van der Waals surface area contributed by atoms with E-state index in [1.165, 1.54) is 5.56 Å². The Kier molecular flexibility index (Phi) is 5.99. The number of thiocarbonyl (C=S) groups is 1. The zero-order valence-electron chi connectivity index (χ0n) is 9.32. The van der Waals surface area contributed by atoms with Crippen LogP contribution in [0, 0.1) is 6.92 Å². The van der Waals surface area contributed by atoms with E-state index in [1.807, 2.05) is 12.3 Å². The van der Waals surface area contributed by atoms with Crippen LogP contribution in [0.1, 0.15) is 10.4 Å². The molecular weight excluding hydrogens is 242 g/mol. The highest BCUT2D eigenvalue weighted by Crippen LogP contribution is 2.12. The molecule has 1 aromatic heterocycles. The van der Waals surface area contributed by atoms with E-state index in [4.69, 9.17) is 17.0 Å². The quantitative estimate of drug-likeness (QED) is 0.363. The van der Waals surface area contributed by atoms with Crippen molar-refractivity contribution in [3.63, 3.8) is 0 Å². The van der Waals surface area contributed by atoms with Gasteiger partial charge in [0.1, 0.15) is 0 Å². The van der Waals surface area contributed by atoms with E-state index in [-0.39, 0.29) is 0 Å². The van der Waals surface area contributed by atoms with Crippen LogP contribution in [-0.2, 0) is 4.74 Å². The number of aryl methyl sites for hydroxylation is 1. The summed E-state index contributed by atoms with van der Waals surface area (Å²) in [6.45, 7) is 3.35. The fourth-order valence-electron chi connectivity index (χ4n) is 0.972. The van der Waals surface area contributed by atoms with Crippen molar-refractivity contribution in [1.29, 1.82) is 0 Å². The van der Waals surface area contributed by atoms with E-state index in [2.05, 4.69) is 21.9 Å². The molecule has 0 aliphatic carbocycles. The van der Waals surface area contributed by atoms with Crippen LogP contribution < -0.4 is 10.7 Å². The first-order valence-electron chi connectivity index (χ1n) is 4.84. The SMILES string of the molecule is COCCNC(=S)NN=Cc1sccc1C. The summed E-state index contributed by atoms with van der Waals surface area (Å²) >= 11 is 6.66. The highest BCUT2D eigenvalue weighted by Gasteiger charge is 1.95. The van der Waals surface area contributed by atoms with Crippen molar-refractivity contribution in [2.75, 3.05) is 20.3 Å². The van der Waals surface area contributed by atoms with Gasteiger partial charge in [-0.3, -0.25) is 5.43 Å². The summed E-state index contributed by atoms with van der Waals surface area (Å²) in [7, 11) is 1.65. The van der Waals surface area contributed by atoms with Crippen LogP contribution >= 0.6 is 23.6 Å². The summed E-state index contributed by atoms with van der Waals surface area (Å²) in [5, 5.41) is 9.54. The molecule has 0 atom stereocenters. The lowest BCUT2D eigenvalue weighted by Gasteiger charge is -2.05. The third-order valence-electron chi connectivity index (χ3n) is 1.84. The standard InChI is InChI=1S/C10H15N3OS2/c1-8-3-6-16-9(8)7-12-13-10(15)11-4-5-14-2/h3,6-7H,4-5H2,1-2H3,(H2,11,13,15). The molecule has 0 aromatic carbocycles. The molecule has 1 heterocycles. The third kappa shape index (κ3) is 4.69. The first-order valence-corrected chi connectivity index (χ1v) is 6.12. The van der Waals surface area contributed by atoms with Crippen LogP contribution in [0.2, 0.25) is 0 Å². The Morgan fingerprint density at radius 3 is 3.12 bits per heavy atom. The predicted octanol–water partition coefficient (Wildman–Crippen LogP) is 1.50. The van der Waals surface area contributed by atoms with Gasteiger partial charge in [0.05, 0.1) is 12.8 Å². The summed E-state index contributed by atoms with van der Waals surface area (Å²) in [5.74, 6) is 0. The van der Waals surface area contributed by atoms with E-state index in [0.717, 1.165) is 4.88 Å². The largest absolute Gasteiger partial charge is 0.383 e. The molecule has 4 nitrogen and oxygen atoms in total. The number of nitrogens with zero attached hydrogens (tertiary/aromatic N) is 1. The number of nitrogens with one attached hydrogen (secondary N) is 2. The van der Waals surface area contributed by atoms with Gasteiger partial charge in [-0.1, -0.05) is 0 Å². The van der Waals surface area contributed by atoms with Crippen molar-refractivity contribution in [2.45, 2.75) is 6.92 Å². The molecule has 0 bridgehead atoms. The highest BCUT2D eigenvalue weighted by molar-refractivity contribution is 7.80. The highest BCUT2D eigenvalue weighted by atomic mass is 32.1. The Morgan fingerprint density at radius 2 is 2.50 bits per heavy atom. The lowest BCUT2D eigenvalue weighted by atomic mass is 10.3. The maximum absolute atomic E-state index is 5.01. The van der Waals surface area contributed by atoms with Crippen molar-refractivity contribution in [3.05, 3.63) is 21.9 Å². The molecule has 0 aliphatic heterocycles. The zero-order valence-corrected chi connectivity index (χ0v) is 11.0. The van der Waals surface area contributed by atoms with Crippen LogP contribution in [-0.4, -0.2) is 31.6 Å². The molecule has 16 heavy (non-hydrogen) atoms. The van der Waals surface area contributed by atoms with Crippen LogP contribution in [0.4, 0.5) is 0 Å². The lowest BCUT2D eigenvalue weighted by Crippen LogP contribution is -2.34. The summed E-state index contributed by atoms with van der Waals surface area (Å²) in [4.78, 5) is 1.13. The summed E-state index contributed by atoms with van der Waals surface area (Å²) in [5.41, 5.74) is 3.96. The number of hydrogen-bond donors (Lipinski definition) is 2. The van der Waals surface area contributed by atoms with Gasteiger partial charge >= 0.3 is 0 Å². The fourth-order valence-corrected chi connectivity index (χ4v) is 1.91. The second-order valence-electron chi connectivity index (χ2n) is 3.09. The minimum atomic E-state index is 0.502. The van der Waals surface area contributed by atoms with Gasteiger partial charge in [-0.15, -0.1) is 11.3 Å². The van der Waals surface area contributed by atoms with Crippen LogP contribution in [0.3, 0.4) is 0 Å². The minimum absolute atomic E-state index is 0.502. The monoisotopic (exact) mass is 257 g/mol. The van der Waals surface area contributed by atoms with E-state index < -0.39 is 0 Å². The Balaban J connectivity index is 2.26. The van der Waals surface area contributed by atoms with E-state index in [1.54, 1.807) is 24.7 Å². The number of methoxy groups -OCH3 is 1. The normalized spacial score (nSPS) is 10.6. The van der Waals surface area contributed by atoms with E-state index >= 15 is 0 Å². The maximum Gasteiger partial charge on any atom is 0.187 e. The average molecular weight is 257 g/mol. The van der Waals surface area contributed by atoms with Gasteiger partial charge in [-0.25, -0.2) is 0 Å². The maximum atomic E-state index is 5.01. The molecule has 6 heteroatoms. The van der Waals surface area contributed by atoms with Gasteiger partial charge in [-0.2, -0.15) is 5.10 Å². The average Bonchev–Trinajstić information content (AvgIpc) is 2.65. The van der Waals surface area contributed by atoms with E-state index in [0.29, 0.717) is 18.3 Å². The molecule has 1 rings (SSSR count). The predicted molar refractivity (Wildman–Crippen MR) is 72.3 cm³/mol. The Labute approximate surface area is 105 Å². The van der Waals surface area contributed by atoms with E-state index in [9.17, 15) is 0 Å². The molecule has 1 aromatic rings. The lowest BCUT2D eigenvalue weighted by molar-refractivity contribution is 0.204. The molecule has 0 saturated heterocycles. The number of hydrazone groups is 1. The number of hydrogen-bond acceptors (Lipinski definition) is 4. The van der Waals surface area contributed by atoms with Crippen LogP contribution in [0.15, 0.2) is 16.5 Å². The second-order valence-corrected chi connectivity index (χ2v) is 4.44. The van der Waals surface area contributed by atoms with Crippen molar-refractivity contribution >= 4 is 34.9 Å². The molecule has 88 valence electrons. The zero-order chi connectivity index (χ0) is 11.8. The van der Waals surface area contributed by atoms with Gasteiger partial charge in [0.15, 0.2) is 5.11 Å². The summed E-state index contributed by atoms with van der Waals surface area (Å²) < 4.78 is 4.88. The Bertz CT molecular complexity index is 363. The van der Waals surface area contributed by atoms with Gasteiger partial charge in [0.2, 0.25) is 0 Å². The van der Waals surface area contributed by atoms with Crippen molar-refractivity contribution in [1.82, 2.24) is 10.7 Å². The molecule has 0 radical (unpaired) electrons. The first-order chi connectivity index (χ1) is 7.74. The molecule has 0 fully saturated rings. The molecule has 0 unspecified atom stereocenters. The van der Waals surface area contributed by atoms with Gasteiger partial charge in [0.25, 0.3) is 0 Å². The van der Waals surface area contributed by atoms with Gasteiger partial charge in [0, 0.05) is 18.5 Å². The molecular formula is C10H15N3OS2. The van der Waals surface area contributed by atoms with Crippen LogP contribution in [0.25, 0.3) is 0 Å². The summed E-state index contributed by atoms with van der Waals surface area (Å²) in [6, 6.07) is 2.06. The fraction of sp³-hybridized carbons (Fsp3) is 0.400. The second kappa shape index (κ2) is 7.32. The van der Waals surface area contributed by atoms with Gasteiger partial charge in [-0.05, 0) is 36.2 Å². The molecule has 0 amide bonds. The van der Waals surface area contributed by atoms with Crippen molar-refractivity contribution in [2.24, 2.45) is 5.10 Å². The molecule has 0 saturated carbocycles. The number of rotatable bonds is 5. The number of thiophene rings is 1. The van der Waals surface area contributed by atoms with Crippen molar-refractivity contribution < 1.29 is 4.74 Å². The first kappa shape index (κ1) is 13.1. The minimum Gasteiger partial charge on any atom is -0.383 e. The van der Waals surface area contributed by atoms with Crippen LogP contribution in [0.5, 0.6) is 0 Å². The Hall–Kier alpha value is -0.980. The Morgan fingerprint density at radius 1 is 1.69 bits per heavy atom. The smallest absolute Gasteiger partial charge is 0.187 e. The third-order valence-corrected chi connectivity index (χ3v) is 3.03. The molecule has 0 spiro atoms. The van der Waals surface area contributed by atoms with Crippen molar-refractivity contribution in [3.8, 4) is 0 Å². The molecule has 2 N–H and O–H groups in total. The molecule has 0 aliphatic rings.